The number of halogens is 1. The van der Waals surface area contributed by atoms with Gasteiger partial charge in [-0.3, -0.25) is 0 Å². The Kier molecular flexibility index (Phi) is 4.97. The molecule has 2 aromatic carbocycles. The molecule has 0 radical (unpaired) electrons. The zero-order chi connectivity index (χ0) is 15.4. The van der Waals surface area contributed by atoms with E-state index in [1.807, 2.05) is 37.3 Å². The van der Waals surface area contributed by atoms with Crippen LogP contribution < -0.4 is 10.6 Å². The first-order valence-corrected chi connectivity index (χ1v) is 7.34. The van der Waals surface area contributed by atoms with E-state index in [2.05, 4.69) is 30.9 Å². The van der Waals surface area contributed by atoms with E-state index < -0.39 is 0 Å². The molecule has 0 unspecified atom stereocenters. The molecule has 0 fully saturated rings. The molecule has 0 aliphatic rings. The van der Waals surface area contributed by atoms with Crippen LogP contribution in [0.25, 0.3) is 0 Å². The number of hydrogen-bond acceptors (Lipinski definition) is 2. The predicted octanol–water partition coefficient (Wildman–Crippen LogP) is 4.26. The van der Waals surface area contributed by atoms with Crippen LogP contribution in [-0.4, -0.2) is 6.04 Å². The maximum Gasteiger partial charge on any atom is 0.146 e. The van der Waals surface area contributed by atoms with Gasteiger partial charge in [-0.25, -0.2) is 4.39 Å². The molecule has 0 aromatic heterocycles. The van der Waals surface area contributed by atoms with Gasteiger partial charge >= 0.3 is 0 Å². The summed E-state index contributed by atoms with van der Waals surface area (Å²) >= 11 is 0. The lowest BCUT2D eigenvalue weighted by Crippen LogP contribution is -2.31. The Morgan fingerprint density at radius 3 is 2.24 bits per heavy atom. The van der Waals surface area contributed by atoms with Crippen molar-refractivity contribution in [2.24, 2.45) is 5.73 Å². The van der Waals surface area contributed by atoms with Crippen LogP contribution in [0.1, 0.15) is 37.9 Å². The Balaban J connectivity index is 2.30. The van der Waals surface area contributed by atoms with Crippen molar-refractivity contribution in [3.63, 3.8) is 0 Å². The SMILES string of the molecule is CC(C)N(Cc1ccccc1)c1ccc([C@@H](C)N)cc1F. The molecule has 1 atom stereocenters. The number of nitrogens with two attached hydrogens (primary N) is 1. The Bertz CT molecular complexity index is 579. The van der Waals surface area contributed by atoms with Crippen molar-refractivity contribution in [1.29, 1.82) is 0 Å². The van der Waals surface area contributed by atoms with E-state index in [0.717, 1.165) is 5.56 Å². The number of hydrogen-bond donors (Lipinski definition) is 1. The Labute approximate surface area is 126 Å². The highest BCUT2D eigenvalue weighted by atomic mass is 19.1. The average molecular weight is 286 g/mol. The molecule has 112 valence electrons. The van der Waals surface area contributed by atoms with E-state index in [1.165, 1.54) is 5.56 Å². The third kappa shape index (κ3) is 3.82. The Hall–Kier alpha value is -1.87. The summed E-state index contributed by atoms with van der Waals surface area (Å²) in [6.45, 7) is 6.69. The first kappa shape index (κ1) is 15.5. The molecule has 0 saturated carbocycles. The maximum atomic E-state index is 14.4. The van der Waals surface area contributed by atoms with Gasteiger partial charge in [-0.15, -0.1) is 0 Å². The molecule has 2 aromatic rings. The van der Waals surface area contributed by atoms with Crippen LogP contribution in [-0.2, 0) is 6.54 Å². The van der Waals surface area contributed by atoms with Gasteiger partial charge in [0.05, 0.1) is 5.69 Å². The lowest BCUT2D eigenvalue weighted by molar-refractivity contribution is 0.595. The lowest BCUT2D eigenvalue weighted by atomic mass is 10.1. The molecule has 2 nitrogen and oxygen atoms in total. The van der Waals surface area contributed by atoms with Gasteiger partial charge in [0, 0.05) is 18.6 Å². The van der Waals surface area contributed by atoms with Crippen LogP contribution in [0.2, 0.25) is 0 Å². The highest BCUT2D eigenvalue weighted by molar-refractivity contribution is 5.50. The molecular weight excluding hydrogens is 263 g/mol. The van der Waals surface area contributed by atoms with Crippen molar-refractivity contribution in [2.75, 3.05) is 4.90 Å². The van der Waals surface area contributed by atoms with E-state index in [9.17, 15) is 4.39 Å². The van der Waals surface area contributed by atoms with Crippen molar-refractivity contribution >= 4 is 5.69 Å². The van der Waals surface area contributed by atoms with Gasteiger partial charge in [0.1, 0.15) is 5.82 Å². The lowest BCUT2D eigenvalue weighted by Gasteiger charge is -2.30. The third-order valence-corrected chi connectivity index (χ3v) is 3.63. The fraction of sp³-hybridized carbons (Fsp3) is 0.333. The van der Waals surface area contributed by atoms with E-state index in [-0.39, 0.29) is 17.9 Å². The monoisotopic (exact) mass is 286 g/mol. The molecule has 21 heavy (non-hydrogen) atoms. The molecule has 3 heteroatoms. The summed E-state index contributed by atoms with van der Waals surface area (Å²) in [5.74, 6) is -0.213. The predicted molar refractivity (Wildman–Crippen MR) is 86.8 cm³/mol. The van der Waals surface area contributed by atoms with Gasteiger partial charge in [-0.1, -0.05) is 36.4 Å². The van der Waals surface area contributed by atoms with Crippen molar-refractivity contribution in [3.8, 4) is 0 Å². The number of rotatable bonds is 5. The van der Waals surface area contributed by atoms with Crippen molar-refractivity contribution in [2.45, 2.75) is 39.4 Å². The molecule has 0 saturated heterocycles. The molecule has 2 rings (SSSR count). The molecule has 0 aliphatic carbocycles. The van der Waals surface area contributed by atoms with Gasteiger partial charge < -0.3 is 10.6 Å². The molecule has 0 spiro atoms. The van der Waals surface area contributed by atoms with E-state index in [0.29, 0.717) is 12.2 Å². The van der Waals surface area contributed by atoms with Crippen LogP contribution >= 0.6 is 0 Å². The summed E-state index contributed by atoms with van der Waals surface area (Å²) in [4.78, 5) is 2.07. The van der Waals surface area contributed by atoms with Crippen LogP contribution in [0.3, 0.4) is 0 Å². The molecule has 0 amide bonds. The van der Waals surface area contributed by atoms with Gasteiger partial charge in [-0.05, 0) is 44.0 Å². The fourth-order valence-corrected chi connectivity index (χ4v) is 2.37. The normalized spacial score (nSPS) is 12.5. The molecule has 2 N–H and O–H groups in total. The second-order valence-corrected chi connectivity index (χ2v) is 5.71. The second kappa shape index (κ2) is 6.72. The van der Waals surface area contributed by atoms with E-state index in [4.69, 9.17) is 5.73 Å². The van der Waals surface area contributed by atoms with Crippen molar-refractivity contribution in [1.82, 2.24) is 0 Å². The number of anilines is 1. The van der Waals surface area contributed by atoms with Crippen LogP contribution in [0.15, 0.2) is 48.5 Å². The first-order valence-electron chi connectivity index (χ1n) is 7.34. The second-order valence-electron chi connectivity index (χ2n) is 5.71. The summed E-state index contributed by atoms with van der Waals surface area (Å²) in [5, 5.41) is 0. The standard InChI is InChI=1S/C18H23FN2/c1-13(2)21(12-15-7-5-4-6-8-15)18-10-9-16(14(3)20)11-17(18)19/h4-11,13-14H,12,20H2,1-3H3/t14-/m1/s1. The summed E-state index contributed by atoms with van der Waals surface area (Å²) in [6, 6.07) is 15.4. The third-order valence-electron chi connectivity index (χ3n) is 3.63. The summed E-state index contributed by atoms with van der Waals surface area (Å²) in [6.07, 6.45) is 0. The zero-order valence-corrected chi connectivity index (χ0v) is 12.9. The Morgan fingerprint density at radius 1 is 1.05 bits per heavy atom. The van der Waals surface area contributed by atoms with Gasteiger partial charge in [-0.2, -0.15) is 0 Å². The Morgan fingerprint density at radius 2 is 1.71 bits per heavy atom. The summed E-state index contributed by atoms with van der Waals surface area (Å²) in [5.41, 5.74) is 8.42. The largest absolute Gasteiger partial charge is 0.362 e. The fourth-order valence-electron chi connectivity index (χ4n) is 2.37. The van der Waals surface area contributed by atoms with Crippen molar-refractivity contribution in [3.05, 3.63) is 65.5 Å². The zero-order valence-electron chi connectivity index (χ0n) is 12.9. The molecule has 0 bridgehead atoms. The van der Waals surface area contributed by atoms with Crippen molar-refractivity contribution < 1.29 is 4.39 Å². The van der Waals surface area contributed by atoms with E-state index in [1.54, 1.807) is 6.07 Å². The molecule has 0 heterocycles. The highest BCUT2D eigenvalue weighted by Gasteiger charge is 2.16. The van der Waals surface area contributed by atoms with Crippen LogP contribution in [0.5, 0.6) is 0 Å². The number of benzene rings is 2. The van der Waals surface area contributed by atoms with E-state index >= 15 is 0 Å². The van der Waals surface area contributed by atoms with Crippen LogP contribution in [0.4, 0.5) is 10.1 Å². The molecular formula is C18H23FN2. The highest BCUT2D eigenvalue weighted by Crippen LogP contribution is 2.26. The maximum absolute atomic E-state index is 14.4. The molecule has 0 aliphatic heterocycles. The van der Waals surface area contributed by atoms with Gasteiger partial charge in [0.15, 0.2) is 0 Å². The average Bonchev–Trinajstić information content (AvgIpc) is 2.46. The van der Waals surface area contributed by atoms with Gasteiger partial charge in [0.25, 0.3) is 0 Å². The minimum absolute atomic E-state index is 0.157. The minimum atomic E-state index is -0.213. The number of nitrogens with zero attached hydrogens (tertiary/aromatic N) is 1. The summed E-state index contributed by atoms with van der Waals surface area (Å²) < 4.78 is 14.4. The van der Waals surface area contributed by atoms with Crippen LogP contribution in [0, 0.1) is 5.82 Å². The first-order chi connectivity index (χ1) is 9.99. The minimum Gasteiger partial charge on any atom is -0.362 e. The topological polar surface area (TPSA) is 29.3 Å². The smallest absolute Gasteiger partial charge is 0.146 e. The quantitative estimate of drug-likeness (QED) is 0.890. The van der Waals surface area contributed by atoms with Gasteiger partial charge in [0.2, 0.25) is 0 Å². The summed E-state index contributed by atoms with van der Waals surface area (Å²) in [7, 11) is 0.